The molecule has 0 saturated heterocycles. The molecule has 0 N–H and O–H groups in total. The van der Waals surface area contributed by atoms with Crippen molar-refractivity contribution in [3.8, 4) is 0 Å². The maximum atomic E-state index is 12.7. The second kappa shape index (κ2) is 53.0. The van der Waals surface area contributed by atoms with Gasteiger partial charge in [-0.1, -0.05) is 256 Å². The average molecular weight is 897 g/mol. The van der Waals surface area contributed by atoms with Crippen LogP contribution >= 0.6 is 0 Å². The van der Waals surface area contributed by atoms with E-state index in [1.54, 1.807) is 0 Å². The molecule has 0 aromatic rings. The minimum atomic E-state index is -0.764. The highest BCUT2D eigenvalue weighted by Crippen LogP contribution is 2.16. The quantitative estimate of drug-likeness (QED) is 0.0262. The highest BCUT2D eigenvalue weighted by Gasteiger charge is 2.19. The van der Waals surface area contributed by atoms with Crippen LogP contribution in [0.3, 0.4) is 0 Å². The van der Waals surface area contributed by atoms with Gasteiger partial charge in [0.15, 0.2) is 6.10 Å². The van der Waals surface area contributed by atoms with Gasteiger partial charge >= 0.3 is 17.9 Å². The van der Waals surface area contributed by atoms with E-state index in [1.807, 2.05) is 0 Å². The van der Waals surface area contributed by atoms with Crippen molar-refractivity contribution in [3.05, 3.63) is 48.6 Å². The fourth-order valence-corrected chi connectivity index (χ4v) is 7.96. The maximum absolute atomic E-state index is 12.7. The van der Waals surface area contributed by atoms with Gasteiger partial charge in [-0.2, -0.15) is 0 Å². The highest BCUT2D eigenvalue weighted by molar-refractivity contribution is 5.71. The minimum Gasteiger partial charge on any atom is -0.462 e. The molecule has 6 nitrogen and oxygen atoms in total. The molecule has 0 radical (unpaired) electrons. The first kappa shape index (κ1) is 61.4. The van der Waals surface area contributed by atoms with E-state index in [-0.39, 0.29) is 31.1 Å². The third-order valence-corrected chi connectivity index (χ3v) is 12.1. The lowest BCUT2D eigenvalue weighted by Crippen LogP contribution is -2.30. The Morgan fingerprint density at radius 3 is 0.953 bits per heavy atom. The van der Waals surface area contributed by atoms with Gasteiger partial charge in [0.2, 0.25) is 0 Å². The summed E-state index contributed by atoms with van der Waals surface area (Å²) in [6, 6.07) is 0. The lowest BCUT2D eigenvalue weighted by atomic mass is 10.0. The van der Waals surface area contributed by atoms with Crippen molar-refractivity contribution in [1.29, 1.82) is 0 Å². The van der Waals surface area contributed by atoms with Crippen LogP contribution in [0, 0.1) is 0 Å². The maximum Gasteiger partial charge on any atom is 0.306 e. The molecule has 0 fully saturated rings. The van der Waals surface area contributed by atoms with Gasteiger partial charge < -0.3 is 14.2 Å². The Morgan fingerprint density at radius 1 is 0.328 bits per heavy atom. The van der Waals surface area contributed by atoms with E-state index in [0.717, 1.165) is 83.5 Å². The van der Waals surface area contributed by atoms with Crippen LogP contribution < -0.4 is 0 Å². The van der Waals surface area contributed by atoms with Crippen molar-refractivity contribution in [2.24, 2.45) is 0 Å². The first-order valence-corrected chi connectivity index (χ1v) is 27.6. The Balaban J connectivity index is 3.99. The number of hydrogen-bond donors (Lipinski definition) is 0. The Morgan fingerprint density at radius 2 is 0.609 bits per heavy atom. The fourth-order valence-electron chi connectivity index (χ4n) is 7.96. The van der Waals surface area contributed by atoms with Crippen LogP contribution in [0.15, 0.2) is 48.6 Å². The van der Waals surface area contributed by atoms with Gasteiger partial charge in [-0.25, -0.2) is 0 Å². The number of carbonyl (C=O) groups excluding carboxylic acids is 3. The molecule has 0 aliphatic carbocycles. The van der Waals surface area contributed by atoms with Crippen molar-refractivity contribution in [1.82, 2.24) is 0 Å². The minimum absolute atomic E-state index is 0.0682. The molecule has 0 aromatic carbocycles. The summed E-state index contributed by atoms with van der Waals surface area (Å²) < 4.78 is 16.7. The van der Waals surface area contributed by atoms with Crippen LogP contribution in [0.4, 0.5) is 0 Å². The molecular formula is C58H104O6. The summed E-state index contributed by atoms with van der Waals surface area (Å²) in [5, 5.41) is 0. The van der Waals surface area contributed by atoms with E-state index >= 15 is 0 Å². The van der Waals surface area contributed by atoms with Gasteiger partial charge in [0.25, 0.3) is 0 Å². The predicted molar refractivity (Wildman–Crippen MR) is 275 cm³/mol. The van der Waals surface area contributed by atoms with Gasteiger partial charge in [-0.3, -0.25) is 14.4 Å². The molecule has 0 amide bonds. The monoisotopic (exact) mass is 897 g/mol. The summed E-state index contributed by atoms with van der Waals surface area (Å²) in [6.45, 7) is 6.50. The summed E-state index contributed by atoms with van der Waals surface area (Å²) in [7, 11) is 0. The first-order chi connectivity index (χ1) is 31.5. The van der Waals surface area contributed by atoms with Crippen LogP contribution in [0.5, 0.6) is 0 Å². The van der Waals surface area contributed by atoms with Crippen molar-refractivity contribution in [3.63, 3.8) is 0 Å². The Hall–Kier alpha value is -2.63. The Labute approximate surface area is 397 Å². The Bertz CT molecular complexity index is 1120. The fraction of sp³-hybridized carbons (Fsp3) is 0.810. The molecule has 372 valence electrons. The topological polar surface area (TPSA) is 78.9 Å². The largest absolute Gasteiger partial charge is 0.462 e. The first-order valence-electron chi connectivity index (χ1n) is 27.6. The molecule has 0 bridgehead atoms. The van der Waals surface area contributed by atoms with E-state index < -0.39 is 6.10 Å². The van der Waals surface area contributed by atoms with Gasteiger partial charge in [0.05, 0.1) is 0 Å². The molecule has 6 heteroatoms. The SMILES string of the molecule is CC/C=C\C/C=C\C/C=C\C/C=C\CCCCCCCCCCCCCCCCCCC(=O)OCC(COC(=O)CCCCCCCCCC)OC(=O)CCCCCCCCCCC. The zero-order valence-electron chi connectivity index (χ0n) is 42.6. The normalized spacial score (nSPS) is 12.4. The zero-order valence-corrected chi connectivity index (χ0v) is 42.6. The second-order valence-corrected chi connectivity index (χ2v) is 18.5. The van der Waals surface area contributed by atoms with Crippen LogP contribution in [-0.4, -0.2) is 37.2 Å². The number of allylic oxidation sites excluding steroid dienone is 8. The van der Waals surface area contributed by atoms with E-state index in [2.05, 4.69) is 69.4 Å². The van der Waals surface area contributed by atoms with Gasteiger partial charge in [0.1, 0.15) is 13.2 Å². The van der Waals surface area contributed by atoms with Crippen molar-refractivity contribution in [2.75, 3.05) is 13.2 Å². The number of esters is 3. The molecule has 64 heavy (non-hydrogen) atoms. The van der Waals surface area contributed by atoms with E-state index in [1.165, 1.54) is 161 Å². The lowest BCUT2D eigenvalue weighted by Gasteiger charge is -2.18. The molecule has 1 unspecified atom stereocenters. The average Bonchev–Trinajstić information content (AvgIpc) is 3.29. The standard InChI is InChI=1S/C58H104O6/c1-4-7-10-13-16-19-20-21-22-23-24-25-26-27-28-29-30-31-32-33-34-35-36-37-38-40-42-45-48-51-57(60)63-54-55(53-62-56(59)50-47-44-41-18-15-12-9-6-3)64-58(61)52-49-46-43-39-17-14-11-8-5-2/h7,10,16,19,21-22,24-25,55H,4-6,8-9,11-15,17-18,20,23,26-54H2,1-3H3/b10-7-,19-16-,22-21-,25-24-. The van der Waals surface area contributed by atoms with E-state index in [4.69, 9.17) is 14.2 Å². The van der Waals surface area contributed by atoms with Gasteiger partial charge in [-0.05, 0) is 57.8 Å². The van der Waals surface area contributed by atoms with E-state index in [0.29, 0.717) is 19.3 Å². The summed E-state index contributed by atoms with van der Waals surface area (Å²) >= 11 is 0. The number of rotatable bonds is 50. The Kier molecular flexibility index (Phi) is 50.8. The summed E-state index contributed by atoms with van der Waals surface area (Å²) in [6.07, 6.45) is 64.2. The number of carbonyl (C=O) groups is 3. The lowest BCUT2D eigenvalue weighted by molar-refractivity contribution is -0.167. The highest BCUT2D eigenvalue weighted by atomic mass is 16.6. The van der Waals surface area contributed by atoms with Crippen LogP contribution in [-0.2, 0) is 28.6 Å². The van der Waals surface area contributed by atoms with Crippen LogP contribution in [0.1, 0.15) is 284 Å². The molecule has 0 aliphatic rings. The molecule has 0 spiro atoms. The third-order valence-electron chi connectivity index (χ3n) is 12.1. The molecule has 0 aromatic heterocycles. The smallest absolute Gasteiger partial charge is 0.306 e. The van der Waals surface area contributed by atoms with Crippen LogP contribution in [0.2, 0.25) is 0 Å². The molecule has 0 rings (SSSR count). The second-order valence-electron chi connectivity index (χ2n) is 18.5. The van der Waals surface area contributed by atoms with E-state index in [9.17, 15) is 14.4 Å². The van der Waals surface area contributed by atoms with Gasteiger partial charge in [-0.15, -0.1) is 0 Å². The summed E-state index contributed by atoms with van der Waals surface area (Å²) in [5.74, 6) is -0.865. The number of unbranched alkanes of at least 4 members (excludes halogenated alkanes) is 31. The van der Waals surface area contributed by atoms with Crippen LogP contribution in [0.25, 0.3) is 0 Å². The number of ether oxygens (including phenoxy) is 3. The number of hydrogen-bond acceptors (Lipinski definition) is 6. The van der Waals surface area contributed by atoms with Crippen molar-refractivity contribution >= 4 is 17.9 Å². The summed E-state index contributed by atoms with van der Waals surface area (Å²) in [5.41, 5.74) is 0. The summed E-state index contributed by atoms with van der Waals surface area (Å²) in [4.78, 5) is 37.8. The molecule has 0 saturated carbocycles. The van der Waals surface area contributed by atoms with Crippen molar-refractivity contribution in [2.45, 2.75) is 290 Å². The molecule has 0 aliphatic heterocycles. The molecular weight excluding hydrogens is 793 g/mol. The predicted octanol–water partition coefficient (Wildman–Crippen LogP) is 18.3. The van der Waals surface area contributed by atoms with Crippen molar-refractivity contribution < 1.29 is 28.6 Å². The zero-order chi connectivity index (χ0) is 46.5. The molecule has 0 heterocycles. The molecule has 1 atom stereocenters. The third kappa shape index (κ3) is 50.4. The van der Waals surface area contributed by atoms with Gasteiger partial charge in [0, 0.05) is 19.3 Å².